The molecule has 18 heavy (non-hydrogen) atoms. The maximum Gasteiger partial charge on any atom is 0.134 e. The van der Waals surface area contributed by atoms with Gasteiger partial charge in [0.25, 0.3) is 0 Å². The lowest BCUT2D eigenvalue weighted by atomic mass is 10.1. The van der Waals surface area contributed by atoms with Crippen molar-refractivity contribution in [1.82, 2.24) is 4.98 Å². The largest absolute Gasteiger partial charge is 0.496 e. The van der Waals surface area contributed by atoms with Crippen molar-refractivity contribution in [2.24, 2.45) is 5.73 Å². The summed E-state index contributed by atoms with van der Waals surface area (Å²) in [5, 5.41) is 5.41. The number of hydrogen-bond donors (Lipinski definition) is 2. The van der Waals surface area contributed by atoms with E-state index in [9.17, 15) is 0 Å². The Kier molecular flexibility index (Phi) is 3.99. The summed E-state index contributed by atoms with van der Waals surface area (Å²) in [5.74, 6) is 1.72. The van der Waals surface area contributed by atoms with Crippen LogP contribution in [-0.2, 0) is 0 Å². The Balaban J connectivity index is 2.34. The molecule has 0 aliphatic heterocycles. The van der Waals surface area contributed by atoms with Gasteiger partial charge in [-0.2, -0.15) is 0 Å². The predicted molar refractivity (Wildman–Crippen MR) is 75.1 cm³/mol. The highest BCUT2D eigenvalue weighted by molar-refractivity contribution is 5.95. The van der Waals surface area contributed by atoms with Crippen LogP contribution in [0, 0.1) is 0 Å². The van der Waals surface area contributed by atoms with Gasteiger partial charge >= 0.3 is 0 Å². The van der Waals surface area contributed by atoms with Gasteiger partial charge in [0.2, 0.25) is 0 Å². The van der Waals surface area contributed by atoms with Gasteiger partial charge in [0.05, 0.1) is 7.11 Å². The first-order valence-electron chi connectivity index (χ1n) is 6.17. The van der Waals surface area contributed by atoms with Crippen molar-refractivity contribution in [3.63, 3.8) is 0 Å². The minimum absolute atomic E-state index is 0.146. The highest BCUT2D eigenvalue weighted by Crippen LogP contribution is 2.28. The quantitative estimate of drug-likeness (QED) is 0.849. The molecule has 4 heteroatoms. The Labute approximate surface area is 107 Å². The number of rotatable bonds is 5. The van der Waals surface area contributed by atoms with Crippen molar-refractivity contribution >= 4 is 16.6 Å². The third-order valence-corrected chi connectivity index (χ3v) is 3.04. The van der Waals surface area contributed by atoms with Crippen LogP contribution in [0.4, 0.5) is 5.82 Å². The Hall–Kier alpha value is -1.81. The standard InChI is InChI=1S/C14H19N3O/c1-3-10(15)9-17-14-12-5-4-6-13(18-2)11(12)7-8-16-14/h4-8,10H,3,9,15H2,1-2H3,(H,16,17). The first-order chi connectivity index (χ1) is 8.76. The number of nitrogens with one attached hydrogen (secondary N) is 1. The SMILES string of the molecule is CCC(N)CNc1nccc2c(OC)cccc12. The first-order valence-corrected chi connectivity index (χ1v) is 6.17. The third-order valence-electron chi connectivity index (χ3n) is 3.04. The molecule has 2 aromatic rings. The van der Waals surface area contributed by atoms with Crippen LogP contribution in [0.25, 0.3) is 10.8 Å². The second-order valence-electron chi connectivity index (χ2n) is 4.26. The molecule has 1 heterocycles. The molecule has 0 radical (unpaired) electrons. The number of ether oxygens (including phenoxy) is 1. The molecule has 0 aliphatic carbocycles. The molecular weight excluding hydrogens is 226 g/mol. The smallest absolute Gasteiger partial charge is 0.134 e. The van der Waals surface area contributed by atoms with E-state index < -0.39 is 0 Å². The lowest BCUT2D eigenvalue weighted by Gasteiger charge is -2.13. The molecule has 1 aromatic heterocycles. The van der Waals surface area contributed by atoms with Crippen LogP contribution in [0.2, 0.25) is 0 Å². The molecule has 0 amide bonds. The lowest BCUT2D eigenvalue weighted by Crippen LogP contribution is -2.28. The molecule has 1 aromatic carbocycles. The molecule has 4 nitrogen and oxygen atoms in total. The average molecular weight is 245 g/mol. The fourth-order valence-electron chi connectivity index (χ4n) is 1.87. The van der Waals surface area contributed by atoms with Gasteiger partial charge in [-0.05, 0) is 18.6 Å². The number of aromatic nitrogens is 1. The fourth-order valence-corrected chi connectivity index (χ4v) is 1.87. The van der Waals surface area contributed by atoms with E-state index in [4.69, 9.17) is 10.5 Å². The number of methoxy groups -OCH3 is 1. The van der Waals surface area contributed by atoms with Crippen LogP contribution in [0.5, 0.6) is 5.75 Å². The van der Waals surface area contributed by atoms with Crippen LogP contribution in [-0.4, -0.2) is 24.7 Å². The minimum Gasteiger partial charge on any atom is -0.496 e. The topological polar surface area (TPSA) is 60.2 Å². The van der Waals surface area contributed by atoms with E-state index in [0.29, 0.717) is 0 Å². The van der Waals surface area contributed by atoms with E-state index in [0.717, 1.165) is 35.3 Å². The normalized spacial score (nSPS) is 12.4. The van der Waals surface area contributed by atoms with Crippen molar-refractivity contribution in [3.8, 4) is 5.75 Å². The summed E-state index contributed by atoms with van der Waals surface area (Å²) in [6, 6.07) is 8.05. The first kappa shape index (κ1) is 12.6. The molecule has 0 spiro atoms. The summed E-state index contributed by atoms with van der Waals surface area (Å²) >= 11 is 0. The number of pyridine rings is 1. The zero-order valence-electron chi connectivity index (χ0n) is 10.8. The van der Waals surface area contributed by atoms with E-state index >= 15 is 0 Å². The van der Waals surface area contributed by atoms with E-state index in [1.165, 1.54) is 0 Å². The van der Waals surface area contributed by atoms with Gasteiger partial charge in [0, 0.05) is 29.6 Å². The van der Waals surface area contributed by atoms with Crippen LogP contribution >= 0.6 is 0 Å². The molecule has 3 N–H and O–H groups in total. The van der Waals surface area contributed by atoms with Gasteiger partial charge in [-0.15, -0.1) is 0 Å². The molecule has 2 rings (SSSR count). The van der Waals surface area contributed by atoms with Crippen LogP contribution < -0.4 is 15.8 Å². The molecule has 0 fully saturated rings. The molecule has 1 unspecified atom stereocenters. The Morgan fingerprint density at radius 2 is 2.17 bits per heavy atom. The number of nitrogens with zero attached hydrogens (tertiary/aromatic N) is 1. The van der Waals surface area contributed by atoms with Gasteiger partial charge in [0.1, 0.15) is 11.6 Å². The van der Waals surface area contributed by atoms with Crippen LogP contribution in [0.15, 0.2) is 30.5 Å². The summed E-state index contributed by atoms with van der Waals surface area (Å²) in [5.41, 5.74) is 5.91. The number of anilines is 1. The third kappa shape index (κ3) is 2.54. The van der Waals surface area contributed by atoms with Gasteiger partial charge in [-0.1, -0.05) is 19.1 Å². The number of benzene rings is 1. The van der Waals surface area contributed by atoms with Crippen molar-refractivity contribution in [2.45, 2.75) is 19.4 Å². The Bertz CT molecular complexity index is 527. The van der Waals surface area contributed by atoms with E-state index in [1.54, 1.807) is 13.3 Å². The molecule has 1 atom stereocenters. The molecule has 96 valence electrons. The monoisotopic (exact) mass is 245 g/mol. The van der Waals surface area contributed by atoms with Crippen molar-refractivity contribution in [2.75, 3.05) is 19.0 Å². The van der Waals surface area contributed by atoms with Gasteiger partial charge in [-0.25, -0.2) is 4.98 Å². The Morgan fingerprint density at radius 3 is 2.89 bits per heavy atom. The average Bonchev–Trinajstić information content (AvgIpc) is 2.43. The van der Waals surface area contributed by atoms with E-state index in [-0.39, 0.29) is 6.04 Å². The van der Waals surface area contributed by atoms with Crippen molar-refractivity contribution in [3.05, 3.63) is 30.5 Å². The minimum atomic E-state index is 0.146. The molecular formula is C14H19N3O. The zero-order chi connectivity index (χ0) is 13.0. The summed E-state index contributed by atoms with van der Waals surface area (Å²) in [7, 11) is 1.68. The number of hydrogen-bond acceptors (Lipinski definition) is 4. The lowest BCUT2D eigenvalue weighted by molar-refractivity contribution is 0.420. The summed E-state index contributed by atoms with van der Waals surface area (Å²) < 4.78 is 5.35. The summed E-state index contributed by atoms with van der Waals surface area (Å²) in [6.07, 6.45) is 2.73. The summed E-state index contributed by atoms with van der Waals surface area (Å²) in [4.78, 5) is 4.37. The predicted octanol–water partition coefficient (Wildman–Crippen LogP) is 2.39. The van der Waals surface area contributed by atoms with E-state index in [2.05, 4.69) is 17.2 Å². The highest BCUT2D eigenvalue weighted by Gasteiger charge is 2.07. The Morgan fingerprint density at radius 1 is 1.33 bits per heavy atom. The molecule has 0 aliphatic rings. The van der Waals surface area contributed by atoms with Gasteiger partial charge in [0.15, 0.2) is 0 Å². The number of nitrogens with two attached hydrogens (primary N) is 1. The van der Waals surface area contributed by atoms with Crippen molar-refractivity contribution in [1.29, 1.82) is 0 Å². The summed E-state index contributed by atoms with van der Waals surface area (Å²) in [6.45, 7) is 2.80. The highest BCUT2D eigenvalue weighted by atomic mass is 16.5. The van der Waals surface area contributed by atoms with Gasteiger partial charge in [-0.3, -0.25) is 0 Å². The second-order valence-corrected chi connectivity index (χ2v) is 4.26. The maximum absolute atomic E-state index is 5.91. The zero-order valence-corrected chi connectivity index (χ0v) is 10.8. The molecule has 0 saturated carbocycles. The fraction of sp³-hybridized carbons (Fsp3) is 0.357. The maximum atomic E-state index is 5.91. The van der Waals surface area contributed by atoms with E-state index in [1.807, 2.05) is 24.3 Å². The van der Waals surface area contributed by atoms with Crippen LogP contribution in [0.1, 0.15) is 13.3 Å². The number of fused-ring (bicyclic) bond motifs is 1. The molecule has 0 saturated heterocycles. The molecule has 0 bridgehead atoms. The van der Waals surface area contributed by atoms with Crippen LogP contribution in [0.3, 0.4) is 0 Å². The van der Waals surface area contributed by atoms with Crippen molar-refractivity contribution < 1.29 is 4.74 Å². The van der Waals surface area contributed by atoms with Gasteiger partial charge < -0.3 is 15.8 Å². The second kappa shape index (κ2) is 5.69.